The van der Waals surface area contributed by atoms with Crippen molar-refractivity contribution in [2.45, 2.75) is 47.1 Å². The third kappa shape index (κ3) is 6.17. The molecule has 0 spiro atoms. The van der Waals surface area contributed by atoms with Crippen LogP contribution in [0.25, 0.3) is 33.5 Å². The summed E-state index contributed by atoms with van der Waals surface area (Å²) < 4.78 is 5.67. The summed E-state index contributed by atoms with van der Waals surface area (Å²) in [6.07, 6.45) is -0.593. The van der Waals surface area contributed by atoms with Crippen molar-refractivity contribution >= 4 is 28.6 Å². The van der Waals surface area contributed by atoms with E-state index >= 15 is 0 Å². The molecule has 1 amide bonds. The first-order chi connectivity index (χ1) is 19.7. The number of carbonyl (C=O) groups excluding carboxylic acids is 2. The first kappa shape index (κ1) is 27.7. The van der Waals surface area contributed by atoms with E-state index in [1.807, 2.05) is 89.2 Å². The second kappa shape index (κ2) is 11.7. The van der Waals surface area contributed by atoms with Gasteiger partial charge in [-0.05, 0) is 63.9 Å². The van der Waals surface area contributed by atoms with Crippen LogP contribution >= 0.6 is 0 Å². The van der Waals surface area contributed by atoms with Crippen LogP contribution in [-0.2, 0) is 9.53 Å². The molecule has 5 rings (SSSR count). The Kier molecular flexibility index (Phi) is 7.92. The summed E-state index contributed by atoms with van der Waals surface area (Å²) in [5.41, 5.74) is 9.99. The third-order valence-corrected chi connectivity index (χ3v) is 7.10. The number of aromatic nitrogens is 2. The molecule has 0 aliphatic carbocycles. The van der Waals surface area contributed by atoms with Crippen molar-refractivity contribution < 1.29 is 14.3 Å². The molecule has 0 fully saturated rings. The molecule has 0 bridgehead atoms. The first-order valence-corrected chi connectivity index (χ1v) is 13.8. The van der Waals surface area contributed by atoms with E-state index in [0.29, 0.717) is 28.7 Å². The van der Waals surface area contributed by atoms with Gasteiger partial charge in [-0.2, -0.15) is 0 Å². The predicted octanol–water partition coefficient (Wildman–Crippen LogP) is 7.77. The van der Waals surface area contributed by atoms with E-state index < -0.39 is 12.1 Å². The zero-order valence-corrected chi connectivity index (χ0v) is 24.0. The topological polar surface area (TPSA) is 81.2 Å². The zero-order valence-electron chi connectivity index (χ0n) is 24.0. The van der Waals surface area contributed by atoms with E-state index in [1.54, 1.807) is 18.2 Å². The summed E-state index contributed by atoms with van der Waals surface area (Å²) in [4.78, 5) is 36.1. The number of rotatable bonds is 7. The summed E-state index contributed by atoms with van der Waals surface area (Å²) in [5.74, 6) is -0.950. The van der Waals surface area contributed by atoms with Crippen molar-refractivity contribution in [3.05, 3.63) is 113 Å². The Morgan fingerprint density at radius 2 is 1.27 bits per heavy atom. The van der Waals surface area contributed by atoms with Crippen LogP contribution in [0.2, 0.25) is 0 Å². The number of nitrogens with one attached hydrogen (secondary N) is 1. The highest BCUT2D eigenvalue weighted by Gasteiger charge is 2.23. The predicted molar refractivity (Wildman–Crippen MR) is 164 cm³/mol. The Balaban J connectivity index is 1.45. The highest BCUT2D eigenvalue weighted by atomic mass is 16.5. The van der Waals surface area contributed by atoms with Crippen molar-refractivity contribution in [3.63, 3.8) is 0 Å². The number of amides is 1. The minimum Gasteiger partial charge on any atom is -0.449 e. The molecule has 1 heterocycles. The van der Waals surface area contributed by atoms with Gasteiger partial charge in [0, 0.05) is 16.8 Å². The molecule has 0 aliphatic rings. The zero-order chi connectivity index (χ0) is 29.1. The SMILES string of the molecule is CCC(OC(=O)c1ccc2nc(-c3ccc(C)cc3)c(-c3ccc(C)cc3)nc2c1)C(=O)Nc1ccc(C)cc1C. The van der Waals surface area contributed by atoms with Crippen molar-refractivity contribution in [2.75, 3.05) is 5.32 Å². The molecule has 6 nitrogen and oxygen atoms in total. The van der Waals surface area contributed by atoms with Gasteiger partial charge in [0.05, 0.1) is 28.0 Å². The average molecular weight is 544 g/mol. The number of carbonyl (C=O) groups is 2. The lowest BCUT2D eigenvalue weighted by molar-refractivity contribution is -0.124. The number of esters is 1. The van der Waals surface area contributed by atoms with Gasteiger partial charge < -0.3 is 10.1 Å². The molecule has 1 N–H and O–H groups in total. The van der Waals surface area contributed by atoms with Gasteiger partial charge in [-0.1, -0.05) is 84.3 Å². The van der Waals surface area contributed by atoms with Gasteiger partial charge in [0.25, 0.3) is 5.91 Å². The Morgan fingerprint density at radius 1 is 0.707 bits per heavy atom. The monoisotopic (exact) mass is 543 g/mol. The maximum absolute atomic E-state index is 13.2. The molecule has 1 unspecified atom stereocenters. The van der Waals surface area contributed by atoms with Crippen LogP contribution in [0.4, 0.5) is 5.69 Å². The van der Waals surface area contributed by atoms with Crippen molar-refractivity contribution in [3.8, 4) is 22.5 Å². The quantitative estimate of drug-likeness (QED) is 0.212. The molecule has 0 aliphatic heterocycles. The van der Waals surface area contributed by atoms with Crippen LogP contribution < -0.4 is 5.32 Å². The van der Waals surface area contributed by atoms with Crippen molar-refractivity contribution in [1.82, 2.24) is 9.97 Å². The van der Waals surface area contributed by atoms with Gasteiger partial charge in [0.1, 0.15) is 0 Å². The molecule has 1 aromatic heterocycles. The van der Waals surface area contributed by atoms with Gasteiger partial charge >= 0.3 is 5.97 Å². The van der Waals surface area contributed by atoms with E-state index in [4.69, 9.17) is 14.7 Å². The molecule has 4 aromatic carbocycles. The number of hydrogen-bond donors (Lipinski definition) is 1. The molecule has 0 saturated heterocycles. The van der Waals surface area contributed by atoms with E-state index in [9.17, 15) is 9.59 Å². The molecule has 5 aromatic rings. The van der Waals surface area contributed by atoms with Crippen molar-refractivity contribution in [2.24, 2.45) is 0 Å². The normalized spacial score (nSPS) is 11.7. The van der Waals surface area contributed by atoms with Crippen LogP contribution in [0.15, 0.2) is 84.9 Å². The van der Waals surface area contributed by atoms with E-state index in [0.717, 1.165) is 44.8 Å². The number of benzene rings is 4. The van der Waals surface area contributed by atoms with Gasteiger partial charge in [0.2, 0.25) is 0 Å². The van der Waals surface area contributed by atoms with Crippen LogP contribution in [0.1, 0.15) is 46.0 Å². The largest absolute Gasteiger partial charge is 0.449 e. The molecule has 0 radical (unpaired) electrons. The Morgan fingerprint density at radius 3 is 1.83 bits per heavy atom. The van der Waals surface area contributed by atoms with E-state index in [1.165, 1.54) is 0 Å². The summed E-state index contributed by atoms with van der Waals surface area (Å²) in [7, 11) is 0. The minimum atomic E-state index is -0.933. The van der Waals surface area contributed by atoms with Crippen LogP contribution in [0.5, 0.6) is 0 Å². The van der Waals surface area contributed by atoms with E-state index in [-0.39, 0.29) is 5.91 Å². The van der Waals surface area contributed by atoms with Gasteiger partial charge in [-0.25, -0.2) is 14.8 Å². The molecule has 1 atom stereocenters. The smallest absolute Gasteiger partial charge is 0.338 e. The van der Waals surface area contributed by atoms with Gasteiger partial charge in [-0.3, -0.25) is 4.79 Å². The second-order valence-corrected chi connectivity index (χ2v) is 10.5. The maximum Gasteiger partial charge on any atom is 0.338 e. The van der Waals surface area contributed by atoms with E-state index in [2.05, 4.69) is 17.4 Å². The fourth-order valence-electron chi connectivity index (χ4n) is 4.69. The summed E-state index contributed by atoms with van der Waals surface area (Å²) >= 11 is 0. The number of nitrogens with zero attached hydrogens (tertiary/aromatic N) is 2. The fourth-order valence-corrected chi connectivity index (χ4v) is 4.69. The molecule has 41 heavy (non-hydrogen) atoms. The summed E-state index contributed by atoms with van der Waals surface area (Å²) in [6.45, 7) is 9.83. The summed E-state index contributed by atoms with van der Waals surface area (Å²) in [5, 5.41) is 2.89. The molecular weight excluding hydrogens is 510 g/mol. The second-order valence-electron chi connectivity index (χ2n) is 10.5. The third-order valence-electron chi connectivity index (χ3n) is 7.10. The molecular formula is C35H33N3O3. The number of anilines is 1. The standard InChI is InChI=1S/C35H33N3O3/c1-6-31(34(39)38-28-17-11-23(4)19-24(28)5)41-35(40)27-16-18-29-30(20-27)37-33(26-14-9-22(3)10-15-26)32(36-29)25-12-7-21(2)8-13-25/h7-20,31H,6H2,1-5H3,(H,38,39). The number of fused-ring (bicyclic) bond motifs is 1. The fraction of sp³-hybridized carbons (Fsp3) is 0.200. The summed E-state index contributed by atoms with van der Waals surface area (Å²) in [6, 6.07) is 27.2. The average Bonchev–Trinajstić information content (AvgIpc) is 2.97. The maximum atomic E-state index is 13.2. The van der Waals surface area contributed by atoms with Gasteiger partial charge in [-0.15, -0.1) is 0 Å². The highest BCUT2D eigenvalue weighted by Crippen LogP contribution is 2.32. The highest BCUT2D eigenvalue weighted by molar-refractivity contribution is 5.99. The van der Waals surface area contributed by atoms with Crippen LogP contribution in [0, 0.1) is 27.7 Å². The van der Waals surface area contributed by atoms with Gasteiger partial charge in [0.15, 0.2) is 6.10 Å². The lowest BCUT2D eigenvalue weighted by Crippen LogP contribution is -2.32. The Bertz CT molecular complexity index is 1740. The molecule has 0 saturated carbocycles. The van der Waals surface area contributed by atoms with Crippen LogP contribution in [0.3, 0.4) is 0 Å². The Labute approximate surface area is 240 Å². The van der Waals surface area contributed by atoms with Crippen molar-refractivity contribution in [1.29, 1.82) is 0 Å². The number of hydrogen-bond acceptors (Lipinski definition) is 5. The minimum absolute atomic E-state index is 0.308. The number of aryl methyl sites for hydroxylation is 4. The number of ether oxygens (including phenoxy) is 1. The lowest BCUT2D eigenvalue weighted by atomic mass is 10.0. The van der Waals surface area contributed by atoms with Crippen LogP contribution in [-0.4, -0.2) is 27.9 Å². The Hall–Kier alpha value is -4.84. The first-order valence-electron chi connectivity index (χ1n) is 13.8. The molecule has 6 heteroatoms. The lowest BCUT2D eigenvalue weighted by Gasteiger charge is -2.17. The molecule has 206 valence electrons.